The number of hydrogen-bond acceptors (Lipinski definition) is 14. The van der Waals surface area contributed by atoms with E-state index in [9.17, 15) is 10.5 Å². The maximum absolute atomic E-state index is 16.6. The second-order valence-corrected chi connectivity index (χ2v) is 18.4. The van der Waals surface area contributed by atoms with Crippen LogP contribution in [-0.2, 0) is 0 Å². The van der Waals surface area contributed by atoms with Crippen molar-refractivity contribution in [1.29, 1.82) is 10.5 Å². The Morgan fingerprint density at radius 2 is 0.653 bits per heavy atom. The van der Waals surface area contributed by atoms with Crippen LogP contribution in [-0.4, -0.2) is 68.9 Å². The molecule has 0 atom stereocenters. The molecule has 0 bridgehead atoms. The molecule has 16 nitrogen and oxygen atoms in total. The van der Waals surface area contributed by atoms with Gasteiger partial charge in [-0.05, 0) is 158 Å². The van der Waals surface area contributed by atoms with Gasteiger partial charge in [-0.2, -0.15) is 10.5 Å². The van der Waals surface area contributed by atoms with E-state index in [1.807, 2.05) is 149 Å². The van der Waals surface area contributed by atoms with Crippen molar-refractivity contribution in [3.05, 3.63) is 167 Å². The van der Waals surface area contributed by atoms with E-state index in [1.54, 1.807) is 12.1 Å². The predicted octanol–water partition coefficient (Wildman–Crippen LogP) is 11.3. The van der Waals surface area contributed by atoms with Crippen LogP contribution in [0.1, 0.15) is 57.7 Å². The summed E-state index contributed by atoms with van der Waals surface area (Å²) in [5.41, 5.74) is 8.16. The van der Waals surface area contributed by atoms with Crippen molar-refractivity contribution in [2.24, 2.45) is 0 Å². The Morgan fingerprint density at radius 1 is 0.347 bits per heavy atom. The zero-order chi connectivity index (χ0) is 52.0. The summed E-state index contributed by atoms with van der Waals surface area (Å²) >= 11 is 0. The van der Waals surface area contributed by atoms with Crippen LogP contribution in [0.25, 0.3) is 112 Å². The van der Waals surface area contributed by atoms with E-state index in [1.165, 1.54) is 6.07 Å². The van der Waals surface area contributed by atoms with Crippen molar-refractivity contribution in [2.45, 2.75) is 55.4 Å². The van der Waals surface area contributed by atoms with Gasteiger partial charge in [-0.15, -0.1) is 0 Å². The first-order valence-electron chi connectivity index (χ1n) is 23.9. The average Bonchev–Trinajstić information content (AvgIpc) is 3.88. The smallest absolute Gasteiger partial charge is 0.163 e. The summed E-state index contributed by atoms with van der Waals surface area (Å²) in [6, 6.07) is 36.7. The lowest BCUT2D eigenvalue weighted by Gasteiger charge is -2.19. The fourth-order valence-corrected chi connectivity index (χ4v) is 10.2. The van der Waals surface area contributed by atoms with Gasteiger partial charge in [0, 0.05) is 49.4 Å². The third-order valence-electron chi connectivity index (χ3n) is 13.1. The standard InChI is InChI=1S/C58H41FN16/c1-28-62-29(2)67-55(66-28)37-10-15-49-43(20-37)44-21-38(56-68-30(3)63-31(4)69-56)11-16-50(44)74(49)53-24-41(42-14-9-36(26-60)19-48(42)59)25-54(47(53)27-61)75-51-17-12-39(57-70-32(5)64-33(6)71-57)22-45(51)46-23-40(13-18-52(46)75)58-72-34(7)65-35(8)73-58/h9-25H,1-8H3. The highest BCUT2D eigenvalue weighted by atomic mass is 19.1. The highest BCUT2D eigenvalue weighted by Crippen LogP contribution is 2.43. The molecular weight excluding hydrogens is 940 g/mol. The first-order chi connectivity index (χ1) is 36.2. The zero-order valence-electron chi connectivity index (χ0n) is 41.8. The number of aromatic nitrogens is 14. The largest absolute Gasteiger partial charge is 0.308 e. The summed E-state index contributed by atoms with van der Waals surface area (Å²) in [5.74, 6) is 6.16. The molecule has 0 unspecified atom stereocenters. The van der Waals surface area contributed by atoms with Crippen molar-refractivity contribution in [1.82, 2.24) is 68.9 Å². The van der Waals surface area contributed by atoms with E-state index < -0.39 is 5.82 Å². The maximum Gasteiger partial charge on any atom is 0.163 e. The van der Waals surface area contributed by atoms with E-state index in [4.69, 9.17) is 39.9 Å². The van der Waals surface area contributed by atoms with Crippen LogP contribution in [0.2, 0.25) is 0 Å². The molecule has 0 amide bonds. The molecule has 0 aliphatic heterocycles. The monoisotopic (exact) mass is 980 g/mol. The molecule has 12 aromatic rings. The number of nitrogens with zero attached hydrogens (tertiary/aromatic N) is 16. The Kier molecular flexibility index (Phi) is 10.8. The Hall–Kier alpha value is -10.1. The Morgan fingerprint density at radius 3 is 0.920 bits per heavy atom. The molecule has 75 heavy (non-hydrogen) atoms. The third-order valence-corrected chi connectivity index (χ3v) is 13.1. The van der Waals surface area contributed by atoms with Gasteiger partial charge in [-0.1, -0.05) is 6.07 Å². The van der Waals surface area contributed by atoms with Gasteiger partial charge < -0.3 is 9.13 Å². The number of hydrogen-bond donors (Lipinski definition) is 0. The Labute approximate surface area is 428 Å². The first-order valence-corrected chi connectivity index (χ1v) is 23.9. The minimum Gasteiger partial charge on any atom is -0.308 e. The molecule has 0 spiro atoms. The van der Waals surface area contributed by atoms with E-state index in [0.29, 0.717) is 92.4 Å². The number of fused-ring (bicyclic) bond motifs is 6. The molecule has 12 rings (SSSR count). The van der Waals surface area contributed by atoms with Crippen LogP contribution in [0.3, 0.4) is 0 Å². The van der Waals surface area contributed by atoms with Crippen molar-refractivity contribution >= 4 is 43.6 Å². The molecule has 0 radical (unpaired) electrons. The molecule has 360 valence electrons. The molecule has 0 fully saturated rings. The first kappa shape index (κ1) is 46.0. The van der Waals surface area contributed by atoms with Gasteiger partial charge in [0.25, 0.3) is 0 Å². The van der Waals surface area contributed by atoms with Crippen LogP contribution in [0.5, 0.6) is 0 Å². The summed E-state index contributed by atoms with van der Waals surface area (Å²) in [6.45, 7) is 14.7. The summed E-state index contributed by atoms with van der Waals surface area (Å²) in [5, 5.41) is 24.9. The summed E-state index contributed by atoms with van der Waals surface area (Å²) in [4.78, 5) is 55.3. The highest BCUT2D eigenvalue weighted by molar-refractivity contribution is 6.13. The second kappa shape index (κ2) is 17.6. The van der Waals surface area contributed by atoms with E-state index in [-0.39, 0.29) is 11.1 Å². The molecule has 0 saturated carbocycles. The number of halogens is 1. The van der Waals surface area contributed by atoms with Crippen molar-refractivity contribution < 1.29 is 4.39 Å². The number of nitriles is 2. The topological polar surface area (TPSA) is 212 Å². The van der Waals surface area contributed by atoms with Gasteiger partial charge in [-0.25, -0.2) is 64.2 Å². The SMILES string of the molecule is Cc1nc(C)nc(-c2ccc3c(c2)c2cc(-c4nc(C)nc(C)n4)ccc2n3-c2cc(-c3ccc(C#N)cc3F)cc(-n3c4ccc(-c5nc(C)nc(C)n5)cc4c4cc(-c5nc(C)nc(C)n5)ccc43)c2C#N)n1. The lowest BCUT2D eigenvalue weighted by molar-refractivity contribution is 0.631. The van der Waals surface area contributed by atoms with Crippen molar-refractivity contribution in [2.75, 3.05) is 0 Å². The molecule has 6 aromatic heterocycles. The second-order valence-electron chi connectivity index (χ2n) is 18.4. The normalized spacial score (nSPS) is 11.5. The molecule has 6 heterocycles. The van der Waals surface area contributed by atoms with Crippen LogP contribution in [0.4, 0.5) is 4.39 Å². The molecule has 0 N–H and O–H groups in total. The van der Waals surface area contributed by atoms with Gasteiger partial charge in [0.2, 0.25) is 0 Å². The third kappa shape index (κ3) is 8.00. The zero-order valence-corrected chi connectivity index (χ0v) is 41.8. The molecule has 0 aliphatic carbocycles. The Balaban J connectivity index is 1.19. The van der Waals surface area contributed by atoms with Crippen LogP contribution in [0.15, 0.2) is 103 Å². The van der Waals surface area contributed by atoms with E-state index in [2.05, 4.69) is 32.1 Å². The number of benzene rings is 6. The average molecular weight is 981 g/mol. The molecule has 0 saturated heterocycles. The van der Waals surface area contributed by atoms with Gasteiger partial charge in [0.05, 0.1) is 45.1 Å². The lowest BCUT2D eigenvalue weighted by atomic mass is 9.98. The summed E-state index contributed by atoms with van der Waals surface area (Å²) < 4.78 is 20.7. The fraction of sp³-hybridized carbons (Fsp3) is 0.138. The minimum absolute atomic E-state index is 0.174. The van der Waals surface area contributed by atoms with Gasteiger partial charge in [-0.3, -0.25) is 0 Å². The summed E-state index contributed by atoms with van der Waals surface area (Å²) in [7, 11) is 0. The summed E-state index contributed by atoms with van der Waals surface area (Å²) in [6.07, 6.45) is 0. The van der Waals surface area contributed by atoms with Crippen LogP contribution in [0, 0.1) is 83.9 Å². The molecular formula is C58H41FN16. The van der Waals surface area contributed by atoms with E-state index in [0.717, 1.165) is 65.9 Å². The van der Waals surface area contributed by atoms with Crippen LogP contribution < -0.4 is 0 Å². The van der Waals surface area contributed by atoms with Gasteiger partial charge in [0.1, 0.15) is 64.0 Å². The minimum atomic E-state index is -0.597. The molecule has 6 aromatic carbocycles. The van der Waals surface area contributed by atoms with Gasteiger partial charge >= 0.3 is 0 Å². The van der Waals surface area contributed by atoms with E-state index >= 15 is 4.39 Å². The van der Waals surface area contributed by atoms with Crippen molar-refractivity contribution in [3.8, 4) is 80.2 Å². The Bertz CT molecular complexity index is 3980. The number of rotatable bonds is 7. The number of aryl methyl sites for hydroxylation is 8. The molecule has 17 heteroatoms. The predicted molar refractivity (Wildman–Crippen MR) is 283 cm³/mol. The van der Waals surface area contributed by atoms with Crippen LogP contribution >= 0.6 is 0 Å². The van der Waals surface area contributed by atoms with Crippen molar-refractivity contribution in [3.63, 3.8) is 0 Å². The highest BCUT2D eigenvalue weighted by Gasteiger charge is 2.25. The molecule has 0 aliphatic rings. The van der Waals surface area contributed by atoms with Gasteiger partial charge in [0.15, 0.2) is 23.3 Å². The maximum atomic E-state index is 16.6. The quantitative estimate of drug-likeness (QED) is 0.145. The fourth-order valence-electron chi connectivity index (χ4n) is 10.2. The lowest BCUT2D eigenvalue weighted by Crippen LogP contribution is -2.06.